The van der Waals surface area contributed by atoms with Crippen LogP contribution in [0.2, 0.25) is 0 Å². The molecule has 0 saturated carbocycles. The van der Waals surface area contributed by atoms with Crippen LogP contribution < -0.4 is 10.8 Å². The van der Waals surface area contributed by atoms with E-state index in [0.29, 0.717) is 17.8 Å². The number of sulfone groups is 1. The number of ketones is 1. The molecule has 1 aromatic heterocycles. The highest BCUT2D eigenvalue weighted by Crippen LogP contribution is 2.44. The number of carbonyl (C=O) groups excluding carboxylic acids is 1. The van der Waals surface area contributed by atoms with Crippen molar-refractivity contribution in [3.8, 4) is 11.3 Å². The van der Waals surface area contributed by atoms with Crippen molar-refractivity contribution in [2.24, 2.45) is 0 Å². The highest BCUT2D eigenvalue weighted by Gasteiger charge is 2.31. The molecule has 0 fully saturated rings. The number of anilines is 1. The van der Waals surface area contributed by atoms with E-state index in [1.165, 1.54) is 30.5 Å². The minimum Gasteiger partial charge on any atom is -0.382 e. The Morgan fingerprint density at radius 3 is 2.34 bits per heavy atom. The van der Waals surface area contributed by atoms with Crippen LogP contribution in [0.3, 0.4) is 0 Å². The van der Waals surface area contributed by atoms with E-state index in [0.717, 1.165) is 11.1 Å². The summed E-state index contributed by atoms with van der Waals surface area (Å²) in [6, 6.07) is 13.5. The Kier molecular flexibility index (Phi) is 8.56. The Morgan fingerprint density at radius 1 is 1.09 bits per heavy atom. The Balaban J connectivity index is 1.77. The Hall–Kier alpha value is -2.91. The smallest absolute Gasteiger partial charge is 0.285 e. The number of nitrogens with one attached hydrogen (secondary N) is 1. The van der Waals surface area contributed by atoms with Crippen molar-refractivity contribution >= 4 is 29.0 Å². The first kappa shape index (κ1) is 26.7. The zero-order chi connectivity index (χ0) is 25.6. The van der Waals surface area contributed by atoms with E-state index in [4.69, 9.17) is 10.3 Å². The number of hydrogen-bond acceptors (Lipinski definition) is 8. The Bertz CT molecular complexity index is 1330. The van der Waals surface area contributed by atoms with Crippen molar-refractivity contribution < 1.29 is 22.3 Å². The molecular weight excluding hydrogens is 487 g/mol. The topological polar surface area (TPSA) is 141 Å². The summed E-state index contributed by atoms with van der Waals surface area (Å²) in [5.41, 5.74) is 8.34. The van der Waals surface area contributed by atoms with Crippen LogP contribution in [-0.4, -0.2) is 42.8 Å². The average Bonchev–Trinajstić information content (AvgIpc) is 2.80. The van der Waals surface area contributed by atoms with Gasteiger partial charge in [-0.1, -0.05) is 48.9 Å². The molecule has 1 unspecified atom stereocenters. The number of hydrogen-bond donors (Lipinski definition) is 2. The van der Waals surface area contributed by atoms with Gasteiger partial charge in [-0.05, 0) is 31.5 Å². The minimum absolute atomic E-state index is 0.00722. The molecule has 11 heteroatoms. The molecule has 186 valence electrons. The van der Waals surface area contributed by atoms with E-state index in [-0.39, 0.29) is 35.2 Å². The third-order valence-electron chi connectivity index (χ3n) is 5.14. The van der Waals surface area contributed by atoms with E-state index < -0.39 is 22.9 Å². The number of rotatable bonds is 11. The largest absolute Gasteiger partial charge is 0.382 e. The number of carbonyl (C=O) groups is 1. The predicted molar refractivity (Wildman–Crippen MR) is 136 cm³/mol. The first-order valence-corrected chi connectivity index (χ1v) is 14.6. The van der Waals surface area contributed by atoms with Gasteiger partial charge in [-0.3, -0.25) is 9.36 Å². The summed E-state index contributed by atoms with van der Waals surface area (Å²) >= 11 is 0. The molecule has 0 saturated heterocycles. The van der Waals surface area contributed by atoms with Crippen molar-refractivity contribution in [1.82, 2.24) is 15.1 Å². The zero-order valence-electron chi connectivity index (χ0n) is 19.9. The van der Waals surface area contributed by atoms with Crippen LogP contribution >= 0.6 is 7.52 Å². The van der Waals surface area contributed by atoms with Gasteiger partial charge in [-0.25, -0.2) is 23.5 Å². The molecule has 3 N–H and O–H groups in total. The van der Waals surface area contributed by atoms with E-state index >= 15 is 0 Å². The number of aromatic nitrogens is 2. The monoisotopic (exact) mass is 516 g/mol. The van der Waals surface area contributed by atoms with Gasteiger partial charge in [0.05, 0.1) is 23.4 Å². The maximum atomic E-state index is 12.9. The summed E-state index contributed by atoms with van der Waals surface area (Å²) < 4.78 is 43.6. The van der Waals surface area contributed by atoms with Gasteiger partial charge in [0.2, 0.25) is 0 Å². The molecule has 0 spiro atoms. The molecule has 35 heavy (non-hydrogen) atoms. The van der Waals surface area contributed by atoms with Gasteiger partial charge < -0.3 is 10.3 Å². The molecule has 0 aliphatic heterocycles. The number of benzene rings is 2. The van der Waals surface area contributed by atoms with Crippen molar-refractivity contribution in [3.05, 3.63) is 71.5 Å². The molecule has 0 radical (unpaired) electrons. The lowest BCUT2D eigenvalue weighted by Gasteiger charge is -2.18. The molecule has 1 atom stereocenters. The number of Topliss-reactive ketones (excluding diaryl/α,β-unsaturated/α-hetero) is 1. The predicted octanol–water partition coefficient (Wildman–Crippen LogP) is 4.03. The first-order chi connectivity index (χ1) is 16.6. The van der Waals surface area contributed by atoms with Crippen molar-refractivity contribution in [3.63, 3.8) is 0 Å². The van der Waals surface area contributed by atoms with Gasteiger partial charge in [-0.2, -0.15) is 0 Å². The molecular formula is C24H29N4O5PS. The summed E-state index contributed by atoms with van der Waals surface area (Å²) in [5.74, 6) is -0.312. The lowest BCUT2D eigenvalue weighted by atomic mass is 10.1. The average molecular weight is 517 g/mol. The Morgan fingerprint density at radius 2 is 1.74 bits per heavy atom. The normalized spacial score (nSPS) is 13.3. The standard InChI is InChI=1S/C24H29N4O5PS/c1-4-27-34(30,33-5-2)16-35(31,32)20-12-8-18(9-13-20)14-22(29)23-24(25)26-15-21(28-23)19-10-6-17(3)7-11-19/h6-13,15H,4-5,14,16H2,1-3H3,(H2,25,26)(H,27,30). The van der Waals surface area contributed by atoms with Crippen molar-refractivity contribution in [2.75, 3.05) is 24.4 Å². The molecule has 0 aliphatic rings. The third-order valence-corrected chi connectivity index (χ3v) is 10.3. The van der Waals surface area contributed by atoms with Crippen molar-refractivity contribution in [1.29, 1.82) is 0 Å². The van der Waals surface area contributed by atoms with E-state index in [2.05, 4.69) is 15.1 Å². The van der Waals surface area contributed by atoms with E-state index in [1.807, 2.05) is 31.2 Å². The fourth-order valence-corrected chi connectivity index (χ4v) is 8.02. The van der Waals surface area contributed by atoms with Crippen LogP contribution in [-0.2, 0) is 25.3 Å². The molecule has 1 heterocycles. The van der Waals surface area contributed by atoms with Gasteiger partial charge in [0, 0.05) is 18.5 Å². The molecule has 3 aromatic rings. The number of nitrogen functional groups attached to an aromatic ring is 1. The molecule has 3 rings (SSSR count). The van der Waals surface area contributed by atoms with Crippen LogP contribution in [0.15, 0.2) is 59.6 Å². The Labute approximate surface area is 205 Å². The van der Waals surface area contributed by atoms with Crippen LogP contribution in [0, 0.1) is 6.92 Å². The minimum atomic E-state index is -3.88. The fraction of sp³-hybridized carbons (Fsp3) is 0.292. The molecule has 0 aliphatic carbocycles. The van der Waals surface area contributed by atoms with E-state index in [9.17, 15) is 17.8 Å². The number of nitrogens with two attached hydrogens (primary N) is 1. The maximum Gasteiger partial charge on any atom is 0.285 e. The summed E-state index contributed by atoms with van der Waals surface area (Å²) in [6.07, 6.45) is 1.48. The quantitative estimate of drug-likeness (QED) is 0.285. The molecule has 9 nitrogen and oxygen atoms in total. The van der Waals surface area contributed by atoms with Gasteiger partial charge in [0.25, 0.3) is 7.52 Å². The van der Waals surface area contributed by atoms with Crippen LogP contribution in [0.1, 0.15) is 35.5 Å². The molecule has 0 bridgehead atoms. The summed E-state index contributed by atoms with van der Waals surface area (Å²) in [7, 11) is -7.42. The highest BCUT2D eigenvalue weighted by molar-refractivity contribution is 7.98. The fourth-order valence-electron chi connectivity index (χ4n) is 3.43. The van der Waals surface area contributed by atoms with Gasteiger partial charge in [0.1, 0.15) is 11.2 Å². The second-order valence-electron chi connectivity index (χ2n) is 7.95. The maximum absolute atomic E-state index is 12.9. The summed E-state index contributed by atoms with van der Waals surface area (Å²) in [4.78, 5) is 21.5. The lowest BCUT2D eigenvalue weighted by molar-refractivity contribution is 0.0989. The highest BCUT2D eigenvalue weighted by atomic mass is 32.2. The first-order valence-electron chi connectivity index (χ1n) is 11.1. The molecule has 0 amide bonds. The second-order valence-corrected chi connectivity index (χ2v) is 12.6. The SMILES string of the molecule is CCNP(=O)(CS(=O)(=O)c1ccc(CC(=O)c2nc(-c3ccc(C)cc3)cnc2N)cc1)OCC. The zero-order valence-corrected chi connectivity index (χ0v) is 21.6. The third kappa shape index (κ3) is 6.82. The van der Waals surface area contributed by atoms with Gasteiger partial charge in [0.15, 0.2) is 21.4 Å². The summed E-state index contributed by atoms with van der Waals surface area (Å²) in [5, 5.41) is 2.65. The van der Waals surface area contributed by atoms with Crippen molar-refractivity contribution in [2.45, 2.75) is 32.1 Å². The second kappa shape index (κ2) is 11.2. The summed E-state index contributed by atoms with van der Waals surface area (Å²) in [6.45, 7) is 5.78. The van der Waals surface area contributed by atoms with Gasteiger partial charge in [-0.15, -0.1) is 0 Å². The van der Waals surface area contributed by atoms with E-state index in [1.54, 1.807) is 13.8 Å². The van der Waals surface area contributed by atoms with Crippen LogP contribution in [0.4, 0.5) is 5.82 Å². The van der Waals surface area contributed by atoms with Gasteiger partial charge >= 0.3 is 0 Å². The molecule has 2 aromatic carbocycles. The van der Waals surface area contributed by atoms with Crippen LogP contribution in [0.25, 0.3) is 11.3 Å². The number of nitrogens with zero attached hydrogens (tertiary/aromatic N) is 2. The van der Waals surface area contributed by atoms with Crippen LogP contribution in [0.5, 0.6) is 0 Å². The lowest BCUT2D eigenvalue weighted by Crippen LogP contribution is -2.19. The number of aryl methyl sites for hydroxylation is 1.